The van der Waals surface area contributed by atoms with Gasteiger partial charge in [-0.05, 0) is 26.5 Å². The summed E-state index contributed by atoms with van der Waals surface area (Å²) in [5, 5.41) is 6.87. The Bertz CT molecular complexity index is 734. The first-order valence-electron chi connectivity index (χ1n) is 11.2. The van der Waals surface area contributed by atoms with Crippen molar-refractivity contribution in [1.82, 2.24) is 25.4 Å². The number of halogens is 1. The van der Waals surface area contributed by atoms with E-state index in [0.717, 1.165) is 69.6 Å². The van der Waals surface area contributed by atoms with Crippen molar-refractivity contribution in [3.8, 4) is 0 Å². The number of likely N-dealkylation sites (N-methyl/N-ethyl adjacent to an activating group) is 1. The summed E-state index contributed by atoms with van der Waals surface area (Å²) in [6, 6.07) is 4.33. The standard InChI is InChI=1S/C22H37N7O.HI/c1-5-23-22(26-19-8-10-29(16-19)21(30)17(2)3)25-15-18-7-6-9-24-20(18)28-13-11-27(4)12-14-28;/h6-7,9,17,19H,5,8,10-16H2,1-4H3,(H2,23,25,26);1H. The monoisotopic (exact) mass is 543 g/mol. The van der Waals surface area contributed by atoms with E-state index in [2.05, 4.69) is 45.5 Å². The maximum absolute atomic E-state index is 12.3. The topological polar surface area (TPSA) is 76.1 Å². The second-order valence-corrected chi connectivity index (χ2v) is 8.54. The molecule has 3 rings (SSSR count). The first-order valence-corrected chi connectivity index (χ1v) is 11.2. The lowest BCUT2D eigenvalue weighted by atomic mass is 10.2. The number of nitrogens with one attached hydrogen (secondary N) is 2. The highest BCUT2D eigenvalue weighted by Gasteiger charge is 2.28. The SMILES string of the molecule is CCNC(=NCc1cccnc1N1CCN(C)CC1)NC1CCN(C(=O)C(C)C)C1.I. The van der Waals surface area contributed by atoms with Crippen LogP contribution in [0.3, 0.4) is 0 Å². The number of pyridine rings is 1. The average Bonchev–Trinajstić information content (AvgIpc) is 3.21. The maximum atomic E-state index is 12.3. The van der Waals surface area contributed by atoms with Gasteiger partial charge in [0.25, 0.3) is 0 Å². The largest absolute Gasteiger partial charge is 0.357 e. The van der Waals surface area contributed by atoms with Crippen molar-refractivity contribution in [2.45, 2.75) is 39.8 Å². The number of likely N-dealkylation sites (tertiary alicyclic amines) is 1. The molecule has 2 fully saturated rings. The maximum Gasteiger partial charge on any atom is 0.225 e. The molecule has 1 amide bonds. The molecule has 0 radical (unpaired) electrons. The lowest BCUT2D eigenvalue weighted by Gasteiger charge is -2.34. The second-order valence-electron chi connectivity index (χ2n) is 8.54. The van der Waals surface area contributed by atoms with Crippen LogP contribution in [0.15, 0.2) is 23.3 Å². The van der Waals surface area contributed by atoms with Gasteiger partial charge in [0, 0.05) is 69.5 Å². The van der Waals surface area contributed by atoms with E-state index in [1.54, 1.807) is 0 Å². The third-order valence-corrected chi connectivity index (χ3v) is 5.76. The van der Waals surface area contributed by atoms with E-state index in [9.17, 15) is 4.79 Å². The fourth-order valence-electron chi connectivity index (χ4n) is 3.98. The van der Waals surface area contributed by atoms with Crippen LogP contribution in [0.5, 0.6) is 0 Å². The van der Waals surface area contributed by atoms with E-state index in [1.807, 2.05) is 31.0 Å². The number of hydrogen-bond acceptors (Lipinski definition) is 5. The molecule has 0 bridgehead atoms. The van der Waals surface area contributed by atoms with Crippen molar-refractivity contribution in [3.63, 3.8) is 0 Å². The molecule has 8 nitrogen and oxygen atoms in total. The van der Waals surface area contributed by atoms with Crippen LogP contribution in [0.4, 0.5) is 5.82 Å². The number of piperazine rings is 1. The second kappa shape index (κ2) is 12.4. The van der Waals surface area contributed by atoms with Gasteiger partial charge in [-0.3, -0.25) is 4.79 Å². The fourth-order valence-corrected chi connectivity index (χ4v) is 3.98. The van der Waals surface area contributed by atoms with Gasteiger partial charge in [-0.2, -0.15) is 0 Å². The van der Waals surface area contributed by atoms with E-state index < -0.39 is 0 Å². The average molecular weight is 543 g/mol. The molecule has 2 saturated heterocycles. The van der Waals surface area contributed by atoms with Crippen molar-refractivity contribution in [3.05, 3.63) is 23.9 Å². The van der Waals surface area contributed by atoms with Gasteiger partial charge >= 0.3 is 0 Å². The number of anilines is 1. The van der Waals surface area contributed by atoms with Crippen molar-refractivity contribution in [2.24, 2.45) is 10.9 Å². The zero-order chi connectivity index (χ0) is 21.5. The lowest BCUT2D eigenvalue weighted by Crippen LogP contribution is -2.45. The van der Waals surface area contributed by atoms with Crippen molar-refractivity contribution in [2.75, 3.05) is 57.8 Å². The Kier molecular flexibility index (Phi) is 10.3. The molecule has 1 unspecified atom stereocenters. The highest BCUT2D eigenvalue weighted by atomic mass is 127. The van der Waals surface area contributed by atoms with Gasteiger partial charge in [-0.1, -0.05) is 19.9 Å². The summed E-state index contributed by atoms with van der Waals surface area (Å²) in [5.74, 6) is 2.12. The molecule has 0 spiro atoms. The van der Waals surface area contributed by atoms with Gasteiger partial charge < -0.3 is 25.3 Å². The van der Waals surface area contributed by atoms with Gasteiger partial charge in [0.1, 0.15) is 5.82 Å². The summed E-state index contributed by atoms with van der Waals surface area (Å²) in [7, 11) is 2.16. The Hall–Kier alpha value is -1.62. The Labute approximate surface area is 203 Å². The summed E-state index contributed by atoms with van der Waals surface area (Å²) < 4.78 is 0. The number of hydrogen-bond donors (Lipinski definition) is 2. The Balaban J connectivity index is 0.00000341. The molecule has 0 aromatic carbocycles. The highest BCUT2D eigenvalue weighted by Crippen LogP contribution is 2.19. The van der Waals surface area contributed by atoms with E-state index in [-0.39, 0.29) is 41.8 Å². The van der Waals surface area contributed by atoms with Gasteiger partial charge in [0.15, 0.2) is 5.96 Å². The Morgan fingerprint density at radius 1 is 1.26 bits per heavy atom. The zero-order valence-electron chi connectivity index (χ0n) is 19.3. The highest BCUT2D eigenvalue weighted by molar-refractivity contribution is 14.0. The van der Waals surface area contributed by atoms with Crippen LogP contribution in [0.1, 0.15) is 32.8 Å². The molecule has 31 heavy (non-hydrogen) atoms. The van der Waals surface area contributed by atoms with E-state index in [0.29, 0.717) is 6.54 Å². The van der Waals surface area contributed by atoms with Crippen LogP contribution < -0.4 is 15.5 Å². The van der Waals surface area contributed by atoms with Crippen molar-refractivity contribution < 1.29 is 4.79 Å². The zero-order valence-corrected chi connectivity index (χ0v) is 21.6. The van der Waals surface area contributed by atoms with E-state index in [4.69, 9.17) is 4.99 Å². The van der Waals surface area contributed by atoms with Crippen molar-refractivity contribution >= 4 is 41.7 Å². The number of rotatable bonds is 6. The molecule has 174 valence electrons. The van der Waals surface area contributed by atoms with Crippen LogP contribution in [-0.2, 0) is 11.3 Å². The van der Waals surface area contributed by atoms with Gasteiger partial charge in [0.05, 0.1) is 6.54 Å². The van der Waals surface area contributed by atoms with Crippen LogP contribution in [0.2, 0.25) is 0 Å². The van der Waals surface area contributed by atoms with Crippen LogP contribution in [0.25, 0.3) is 0 Å². The normalized spacial score (nSPS) is 20.0. The van der Waals surface area contributed by atoms with Gasteiger partial charge in [0.2, 0.25) is 5.91 Å². The number of nitrogens with zero attached hydrogens (tertiary/aromatic N) is 5. The molecule has 1 aromatic rings. The molecule has 0 aliphatic carbocycles. The molecular weight excluding hydrogens is 505 g/mol. The first kappa shape index (κ1) is 25.6. The quantitative estimate of drug-likeness (QED) is 0.324. The summed E-state index contributed by atoms with van der Waals surface area (Å²) in [6.07, 6.45) is 2.81. The summed E-state index contributed by atoms with van der Waals surface area (Å²) in [4.78, 5) is 28.4. The lowest BCUT2D eigenvalue weighted by molar-refractivity contribution is -0.133. The molecule has 0 saturated carbocycles. The number of carbonyl (C=O) groups is 1. The van der Waals surface area contributed by atoms with Gasteiger partial charge in [-0.15, -0.1) is 24.0 Å². The molecule has 3 heterocycles. The molecular formula is C22H38IN7O. The first-order chi connectivity index (χ1) is 14.5. The van der Waals surface area contributed by atoms with E-state index >= 15 is 0 Å². The van der Waals surface area contributed by atoms with Crippen LogP contribution in [-0.4, -0.2) is 85.6 Å². The minimum absolute atomic E-state index is 0. The number of guanidine groups is 1. The third-order valence-electron chi connectivity index (χ3n) is 5.76. The Morgan fingerprint density at radius 2 is 2.00 bits per heavy atom. The van der Waals surface area contributed by atoms with E-state index in [1.165, 1.54) is 0 Å². The summed E-state index contributed by atoms with van der Waals surface area (Å²) in [6.45, 7) is 13.0. The number of carbonyl (C=O) groups excluding carboxylic acids is 1. The summed E-state index contributed by atoms with van der Waals surface area (Å²) >= 11 is 0. The molecule has 1 aromatic heterocycles. The van der Waals surface area contributed by atoms with Crippen LogP contribution >= 0.6 is 24.0 Å². The number of aromatic nitrogens is 1. The predicted molar refractivity (Wildman–Crippen MR) is 137 cm³/mol. The van der Waals surface area contributed by atoms with Crippen molar-refractivity contribution in [1.29, 1.82) is 0 Å². The molecule has 2 N–H and O–H groups in total. The Morgan fingerprint density at radius 3 is 2.68 bits per heavy atom. The molecule has 9 heteroatoms. The summed E-state index contributed by atoms with van der Waals surface area (Å²) in [5.41, 5.74) is 1.14. The smallest absolute Gasteiger partial charge is 0.225 e. The number of aliphatic imine (C=N–C) groups is 1. The number of amides is 1. The van der Waals surface area contributed by atoms with Gasteiger partial charge in [-0.25, -0.2) is 9.98 Å². The molecule has 2 aliphatic rings. The predicted octanol–water partition coefficient (Wildman–Crippen LogP) is 1.76. The fraction of sp³-hybridized carbons (Fsp3) is 0.682. The molecule has 2 aliphatic heterocycles. The third kappa shape index (κ3) is 7.20. The minimum Gasteiger partial charge on any atom is -0.357 e. The minimum atomic E-state index is 0. The molecule has 1 atom stereocenters. The van der Waals surface area contributed by atoms with Crippen LogP contribution in [0, 0.1) is 5.92 Å².